The van der Waals surface area contributed by atoms with Crippen LogP contribution in [0.25, 0.3) is 0 Å². The largest absolute Gasteiger partial charge is 0.340 e. The zero-order chi connectivity index (χ0) is 16.7. The van der Waals surface area contributed by atoms with Crippen molar-refractivity contribution in [1.82, 2.24) is 4.90 Å². The highest BCUT2D eigenvalue weighted by Crippen LogP contribution is 2.50. The number of carbonyl (C=O) groups excluding carboxylic acids is 1. The van der Waals surface area contributed by atoms with Crippen LogP contribution in [0.5, 0.6) is 0 Å². The molecule has 0 unspecified atom stereocenters. The van der Waals surface area contributed by atoms with Crippen molar-refractivity contribution in [3.63, 3.8) is 0 Å². The van der Waals surface area contributed by atoms with E-state index < -0.39 is 0 Å². The lowest BCUT2D eigenvalue weighted by atomic mass is 9.94. The van der Waals surface area contributed by atoms with Crippen molar-refractivity contribution in [2.24, 2.45) is 5.73 Å². The molecule has 1 aliphatic carbocycles. The monoisotopic (exact) mass is 324 g/mol. The molecule has 0 aromatic heterocycles. The minimum Gasteiger partial charge on any atom is -0.340 e. The molecule has 1 saturated heterocycles. The summed E-state index contributed by atoms with van der Waals surface area (Å²) in [5.74, 6) is -0.0910. The van der Waals surface area contributed by atoms with Crippen molar-refractivity contribution >= 4 is 5.91 Å². The van der Waals surface area contributed by atoms with E-state index in [0.717, 1.165) is 24.0 Å². The maximum Gasteiger partial charge on any atom is 0.233 e. The number of nitrogens with zero attached hydrogens (tertiary/aromatic N) is 1. The second-order valence-electron chi connectivity index (χ2n) is 6.98. The van der Waals surface area contributed by atoms with Gasteiger partial charge in [-0.25, -0.2) is 4.39 Å². The fourth-order valence-electron chi connectivity index (χ4n) is 3.90. The lowest BCUT2D eigenvalue weighted by Crippen LogP contribution is -2.39. The lowest BCUT2D eigenvalue weighted by Gasteiger charge is -2.23. The van der Waals surface area contributed by atoms with Gasteiger partial charge in [-0.15, -0.1) is 0 Å². The van der Waals surface area contributed by atoms with Gasteiger partial charge in [0.2, 0.25) is 5.91 Å². The van der Waals surface area contributed by atoms with E-state index in [4.69, 9.17) is 5.73 Å². The second-order valence-corrected chi connectivity index (χ2v) is 6.98. The Kier molecular flexibility index (Phi) is 3.65. The van der Waals surface area contributed by atoms with Gasteiger partial charge in [0.1, 0.15) is 5.82 Å². The van der Waals surface area contributed by atoms with Crippen molar-refractivity contribution in [3.8, 4) is 0 Å². The maximum absolute atomic E-state index is 13.5. The molecule has 124 valence electrons. The highest BCUT2D eigenvalue weighted by Gasteiger charge is 2.54. The van der Waals surface area contributed by atoms with Crippen LogP contribution in [0.4, 0.5) is 4.39 Å². The minimum atomic E-state index is -0.363. The Morgan fingerprint density at radius 1 is 1.08 bits per heavy atom. The van der Waals surface area contributed by atoms with Crippen molar-refractivity contribution in [1.29, 1.82) is 0 Å². The smallest absolute Gasteiger partial charge is 0.233 e. The van der Waals surface area contributed by atoms with Gasteiger partial charge in [-0.05, 0) is 36.1 Å². The molecule has 1 aliphatic heterocycles. The first-order chi connectivity index (χ1) is 11.6. The molecule has 2 fully saturated rings. The number of likely N-dealkylation sites (tertiary alicyclic amines) is 1. The normalized spacial score (nSPS) is 24.8. The van der Waals surface area contributed by atoms with Crippen LogP contribution in [0.15, 0.2) is 54.6 Å². The Morgan fingerprint density at radius 2 is 1.83 bits per heavy atom. The fourth-order valence-corrected chi connectivity index (χ4v) is 3.90. The Labute approximate surface area is 141 Å². The van der Waals surface area contributed by atoms with Crippen LogP contribution in [-0.4, -0.2) is 29.9 Å². The predicted octanol–water partition coefficient (Wildman–Crippen LogP) is 2.81. The zero-order valence-electron chi connectivity index (χ0n) is 13.5. The quantitative estimate of drug-likeness (QED) is 0.944. The predicted molar refractivity (Wildman–Crippen MR) is 91.1 cm³/mol. The van der Waals surface area contributed by atoms with Crippen LogP contribution in [0, 0.1) is 5.82 Å². The third kappa shape index (κ3) is 2.51. The van der Waals surface area contributed by atoms with E-state index in [9.17, 15) is 9.18 Å². The van der Waals surface area contributed by atoms with Crippen LogP contribution in [0.3, 0.4) is 0 Å². The third-order valence-electron chi connectivity index (χ3n) is 5.41. The summed E-state index contributed by atoms with van der Waals surface area (Å²) in [5, 5.41) is 0. The summed E-state index contributed by atoms with van der Waals surface area (Å²) in [6.07, 6.45) is 1.79. The van der Waals surface area contributed by atoms with Crippen molar-refractivity contribution < 1.29 is 9.18 Å². The first-order valence-corrected chi connectivity index (χ1v) is 8.46. The van der Waals surface area contributed by atoms with E-state index in [1.165, 1.54) is 12.1 Å². The molecule has 4 heteroatoms. The van der Waals surface area contributed by atoms with Crippen LogP contribution < -0.4 is 5.73 Å². The minimum absolute atomic E-state index is 0.00350. The van der Waals surface area contributed by atoms with Crippen molar-refractivity contribution in [2.45, 2.75) is 30.2 Å². The number of carbonyl (C=O) groups is 1. The van der Waals surface area contributed by atoms with Gasteiger partial charge in [0.25, 0.3) is 0 Å². The summed E-state index contributed by atoms with van der Waals surface area (Å²) in [5.41, 5.74) is 7.88. The highest BCUT2D eigenvalue weighted by atomic mass is 19.1. The Balaban J connectivity index is 1.55. The van der Waals surface area contributed by atoms with Gasteiger partial charge in [0.15, 0.2) is 0 Å². The topological polar surface area (TPSA) is 46.3 Å². The number of amides is 1. The number of rotatable bonds is 3. The van der Waals surface area contributed by atoms with Crippen LogP contribution >= 0.6 is 0 Å². The van der Waals surface area contributed by atoms with E-state index >= 15 is 0 Å². The molecule has 2 aromatic carbocycles. The molecular weight excluding hydrogens is 303 g/mol. The molecule has 1 amide bonds. The van der Waals surface area contributed by atoms with Gasteiger partial charge in [-0.3, -0.25) is 4.79 Å². The molecule has 1 heterocycles. The molecule has 2 atom stereocenters. The summed E-state index contributed by atoms with van der Waals surface area (Å²) in [7, 11) is 0. The lowest BCUT2D eigenvalue weighted by molar-refractivity contribution is -0.133. The number of benzene rings is 2. The average Bonchev–Trinajstić information content (AvgIpc) is 3.32. The summed E-state index contributed by atoms with van der Waals surface area (Å²) in [6.45, 7) is 1.10. The van der Waals surface area contributed by atoms with Gasteiger partial charge in [-0.2, -0.15) is 0 Å². The Hall–Kier alpha value is -2.20. The molecule has 2 N–H and O–H groups in total. The zero-order valence-corrected chi connectivity index (χ0v) is 13.5. The molecule has 2 aliphatic rings. The number of hydrogen-bond donors (Lipinski definition) is 1. The van der Waals surface area contributed by atoms with Gasteiger partial charge < -0.3 is 10.6 Å². The molecule has 24 heavy (non-hydrogen) atoms. The van der Waals surface area contributed by atoms with Crippen LogP contribution in [-0.2, 0) is 10.2 Å². The standard InChI is InChI=1S/C20H21FN2O/c21-16-8-4-5-14(11-16)17-12-23(13-18(17)22)19(24)20(9-10-20)15-6-2-1-3-7-15/h1-8,11,17-18H,9-10,12-13,22H2/t17-,18+/m0/s1. The molecule has 2 aromatic rings. The fraction of sp³-hybridized carbons (Fsp3) is 0.350. The van der Waals surface area contributed by atoms with Gasteiger partial charge in [0, 0.05) is 25.0 Å². The Morgan fingerprint density at radius 3 is 2.50 bits per heavy atom. The number of hydrogen-bond acceptors (Lipinski definition) is 2. The first-order valence-electron chi connectivity index (χ1n) is 8.46. The van der Waals surface area contributed by atoms with Gasteiger partial charge in [-0.1, -0.05) is 42.5 Å². The summed E-state index contributed by atoms with van der Waals surface area (Å²) in [4.78, 5) is 15.0. The molecule has 0 radical (unpaired) electrons. The van der Waals surface area contributed by atoms with Crippen LogP contribution in [0.2, 0.25) is 0 Å². The van der Waals surface area contributed by atoms with Gasteiger partial charge >= 0.3 is 0 Å². The van der Waals surface area contributed by atoms with Crippen molar-refractivity contribution in [3.05, 3.63) is 71.5 Å². The molecule has 3 nitrogen and oxygen atoms in total. The highest BCUT2D eigenvalue weighted by molar-refractivity contribution is 5.91. The number of halogens is 1. The molecule has 0 bridgehead atoms. The molecule has 4 rings (SSSR count). The second kappa shape index (κ2) is 5.71. The summed E-state index contributed by atoms with van der Waals surface area (Å²) >= 11 is 0. The van der Waals surface area contributed by atoms with Crippen molar-refractivity contribution in [2.75, 3.05) is 13.1 Å². The maximum atomic E-state index is 13.5. The summed E-state index contributed by atoms with van der Waals surface area (Å²) < 4.78 is 13.5. The van der Waals surface area contributed by atoms with E-state index in [-0.39, 0.29) is 29.1 Å². The van der Waals surface area contributed by atoms with E-state index in [2.05, 4.69) is 0 Å². The molecule has 0 spiro atoms. The van der Waals surface area contributed by atoms with Gasteiger partial charge in [0.05, 0.1) is 5.41 Å². The van der Waals surface area contributed by atoms with E-state index in [1.807, 2.05) is 41.3 Å². The average molecular weight is 324 g/mol. The van der Waals surface area contributed by atoms with Crippen LogP contribution in [0.1, 0.15) is 29.9 Å². The third-order valence-corrected chi connectivity index (χ3v) is 5.41. The molecule has 1 saturated carbocycles. The number of nitrogens with two attached hydrogens (primary N) is 1. The van der Waals surface area contributed by atoms with E-state index in [1.54, 1.807) is 6.07 Å². The SMILES string of the molecule is N[C@@H]1CN(C(=O)C2(c3ccccc3)CC2)C[C@H]1c1cccc(F)c1. The van der Waals surface area contributed by atoms with E-state index in [0.29, 0.717) is 13.1 Å². The molecular formula is C20H21FN2O. The summed E-state index contributed by atoms with van der Waals surface area (Å²) in [6, 6.07) is 16.4. The first kappa shape index (κ1) is 15.3. The Bertz CT molecular complexity index is 757.